The predicted molar refractivity (Wildman–Crippen MR) is 102 cm³/mol. The maximum absolute atomic E-state index is 11.6. The van der Waals surface area contributed by atoms with E-state index in [0.717, 1.165) is 26.2 Å². The zero-order valence-electron chi connectivity index (χ0n) is 16.1. The van der Waals surface area contributed by atoms with Crippen LogP contribution in [0.2, 0.25) is 0 Å². The van der Waals surface area contributed by atoms with Crippen molar-refractivity contribution in [1.82, 2.24) is 15.1 Å². The molecule has 0 aromatic heterocycles. The number of amides is 1. The van der Waals surface area contributed by atoms with Crippen LogP contribution in [-0.2, 0) is 11.3 Å². The van der Waals surface area contributed by atoms with Crippen molar-refractivity contribution >= 4 is 6.09 Å². The van der Waals surface area contributed by atoms with Crippen LogP contribution in [-0.4, -0.2) is 61.3 Å². The summed E-state index contributed by atoms with van der Waals surface area (Å²) in [6.07, 6.45) is 0.909. The lowest BCUT2D eigenvalue weighted by Gasteiger charge is -2.23. The molecule has 1 N–H and O–H groups in total. The number of nitrogens with zero attached hydrogens (tertiary/aromatic N) is 2. The summed E-state index contributed by atoms with van der Waals surface area (Å²) in [5, 5.41) is 2.82. The fourth-order valence-corrected chi connectivity index (χ4v) is 3.24. The summed E-state index contributed by atoms with van der Waals surface area (Å²) < 4.78 is 5.25. The van der Waals surface area contributed by atoms with Gasteiger partial charge in [-0.2, -0.15) is 0 Å². The Hall–Kier alpha value is -1.59. The van der Waals surface area contributed by atoms with Crippen LogP contribution in [0, 0.1) is 5.92 Å². The zero-order valence-corrected chi connectivity index (χ0v) is 16.1. The van der Waals surface area contributed by atoms with Crippen molar-refractivity contribution in [2.24, 2.45) is 5.92 Å². The molecular formula is C20H33N3O2. The summed E-state index contributed by atoms with van der Waals surface area (Å²) in [4.78, 5) is 16.5. The molecule has 5 nitrogen and oxygen atoms in total. The van der Waals surface area contributed by atoms with Crippen LogP contribution >= 0.6 is 0 Å². The van der Waals surface area contributed by atoms with Gasteiger partial charge in [-0.15, -0.1) is 0 Å². The van der Waals surface area contributed by atoms with Crippen molar-refractivity contribution < 1.29 is 9.53 Å². The van der Waals surface area contributed by atoms with Crippen LogP contribution < -0.4 is 5.32 Å². The van der Waals surface area contributed by atoms with Crippen molar-refractivity contribution in [3.8, 4) is 0 Å². The van der Waals surface area contributed by atoms with Gasteiger partial charge < -0.3 is 15.0 Å². The molecule has 0 bridgehead atoms. The highest BCUT2D eigenvalue weighted by atomic mass is 16.6. The Morgan fingerprint density at radius 3 is 2.72 bits per heavy atom. The number of ether oxygens (including phenoxy) is 1. The van der Waals surface area contributed by atoms with Crippen molar-refractivity contribution in [1.29, 1.82) is 0 Å². The van der Waals surface area contributed by atoms with Crippen LogP contribution in [0.4, 0.5) is 4.79 Å². The third-order valence-corrected chi connectivity index (χ3v) is 4.35. The molecule has 1 atom stereocenters. The lowest BCUT2D eigenvalue weighted by molar-refractivity contribution is 0.0523. The molecule has 1 fully saturated rings. The van der Waals surface area contributed by atoms with Crippen LogP contribution in [0.25, 0.3) is 0 Å². The van der Waals surface area contributed by atoms with Crippen molar-refractivity contribution in [3.63, 3.8) is 0 Å². The highest BCUT2D eigenvalue weighted by Gasteiger charge is 2.23. The van der Waals surface area contributed by atoms with E-state index in [2.05, 4.69) is 52.5 Å². The van der Waals surface area contributed by atoms with E-state index in [4.69, 9.17) is 4.74 Å². The van der Waals surface area contributed by atoms with E-state index in [-0.39, 0.29) is 6.09 Å². The molecule has 1 heterocycles. The summed E-state index contributed by atoms with van der Waals surface area (Å²) in [7, 11) is 2.12. The zero-order chi connectivity index (χ0) is 18.3. The molecule has 0 saturated carbocycles. The Balaban J connectivity index is 1.61. The molecule has 5 heteroatoms. The minimum atomic E-state index is -0.442. The highest BCUT2D eigenvalue weighted by Crippen LogP contribution is 2.19. The van der Waals surface area contributed by atoms with Crippen molar-refractivity contribution in [2.45, 2.75) is 39.3 Å². The van der Waals surface area contributed by atoms with Crippen molar-refractivity contribution in [3.05, 3.63) is 35.9 Å². The molecular weight excluding hydrogens is 314 g/mol. The van der Waals surface area contributed by atoms with Crippen molar-refractivity contribution in [2.75, 3.05) is 39.8 Å². The van der Waals surface area contributed by atoms with Gasteiger partial charge in [-0.3, -0.25) is 4.90 Å². The first-order valence-corrected chi connectivity index (χ1v) is 9.23. The van der Waals surface area contributed by atoms with Gasteiger partial charge in [0.2, 0.25) is 0 Å². The van der Waals surface area contributed by atoms with E-state index in [1.165, 1.54) is 18.5 Å². The smallest absolute Gasteiger partial charge is 0.407 e. The summed E-state index contributed by atoms with van der Waals surface area (Å²) in [6.45, 7) is 11.5. The Morgan fingerprint density at radius 1 is 1.32 bits per heavy atom. The second-order valence-corrected chi connectivity index (χ2v) is 8.07. The van der Waals surface area contributed by atoms with Gasteiger partial charge >= 0.3 is 6.09 Å². The first kappa shape index (κ1) is 19.7. The van der Waals surface area contributed by atoms with Gasteiger partial charge in [0.25, 0.3) is 0 Å². The van der Waals surface area contributed by atoms with Gasteiger partial charge in [-0.1, -0.05) is 30.3 Å². The molecule has 1 aliphatic heterocycles. The van der Waals surface area contributed by atoms with Crippen LogP contribution in [0.15, 0.2) is 30.3 Å². The number of carbonyl (C=O) groups is 1. The molecule has 1 aromatic rings. The maximum atomic E-state index is 11.6. The monoisotopic (exact) mass is 347 g/mol. The van der Waals surface area contributed by atoms with Crippen LogP contribution in [0.3, 0.4) is 0 Å². The number of nitrogens with one attached hydrogen (secondary N) is 1. The number of alkyl carbamates (subject to hydrolysis) is 1. The average molecular weight is 348 g/mol. The summed E-state index contributed by atoms with van der Waals surface area (Å²) >= 11 is 0. The Kier molecular flexibility index (Phi) is 7.26. The summed E-state index contributed by atoms with van der Waals surface area (Å²) in [5.74, 6) is 0.704. The number of likely N-dealkylation sites (N-methyl/N-ethyl adjacent to an activating group) is 1. The molecule has 1 aliphatic rings. The van der Waals surface area contributed by atoms with Gasteiger partial charge in [-0.05, 0) is 52.3 Å². The molecule has 0 aliphatic carbocycles. The molecule has 0 unspecified atom stereocenters. The van der Waals surface area contributed by atoms with Gasteiger partial charge in [0.15, 0.2) is 0 Å². The standard InChI is InChI=1S/C20H33N3O2/c1-20(2,3)25-19(24)21-11-13-22(4)14-18-10-12-23(16-18)15-17-8-6-5-7-9-17/h5-9,18H,10-16H2,1-4H3,(H,21,24)/t18-/m1/s1. The van der Waals surface area contributed by atoms with Gasteiger partial charge in [0.1, 0.15) is 5.60 Å². The molecule has 1 aromatic carbocycles. The lowest BCUT2D eigenvalue weighted by Crippen LogP contribution is -2.38. The first-order valence-electron chi connectivity index (χ1n) is 9.23. The number of carbonyl (C=O) groups excluding carboxylic acids is 1. The molecule has 0 radical (unpaired) electrons. The van der Waals surface area contributed by atoms with Crippen LogP contribution in [0.5, 0.6) is 0 Å². The fraction of sp³-hybridized carbons (Fsp3) is 0.650. The largest absolute Gasteiger partial charge is 0.444 e. The van der Waals surface area contributed by atoms with E-state index in [9.17, 15) is 4.79 Å². The Morgan fingerprint density at radius 2 is 2.04 bits per heavy atom. The predicted octanol–water partition coefficient (Wildman–Crippen LogP) is 2.97. The number of likely N-dealkylation sites (tertiary alicyclic amines) is 1. The van der Waals surface area contributed by atoms with Gasteiger partial charge in [0, 0.05) is 32.7 Å². The number of rotatable bonds is 7. The third-order valence-electron chi connectivity index (χ3n) is 4.35. The topological polar surface area (TPSA) is 44.8 Å². The van der Waals surface area contributed by atoms with E-state index in [1.54, 1.807) is 0 Å². The number of benzene rings is 1. The van der Waals surface area contributed by atoms with E-state index in [1.807, 2.05) is 20.8 Å². The maximum Gasteiger partial charge on any atom is 0.407 e. The normalized spacial score (nSPS) is 18.5. The van der Waals surface area contributed by atoms with Crippen LogP contribution in [0.1, 0.15) is 32.8 Å². The average Bonchev–Trinajstić information content (AvgIpc) is 2.93. The Labute approximate surface area is 152 Å². The van der Waals surface area contributed by atoms with Gasteiger partial charge in [-0.25, -0.2) is 4.79 Å². The van der Waals surface area contributed by atoms with E-state index >= 15 is 0 Å². The third kappa shape index (κ3) is 7.88. The molecule has 2 rings (SSSR count). The molecule has 1 amide bonds. The molecule has 140 valence electrons. The van der Waals surface area contributed by atoms with Gasteiger partial charge in [0.05, 0.1) is 0 Å². The highest BCUT2D eigenvalue weighted by molar-refractivity contribution is 5.67. The molecule has 0 spiro atoms. The number of hydrogen-bond acceptors (Lipinski definition) is 4. The van der Waals surface area contributed by atoms with E-state index in [0.29, 0.717) is 12.5 Å². The minimum Gasteiger partial charge on any atom is -0.444 e. The second kappa shape index (κ2) is 9.20. The minimum absolute atomic E-state index is 0.337. The first-order chi connectivity index (χ1) is 11.8. The quantitative estimate of drug-likeness (QED) is 0.824. The molecule has 25 heavy (non-hydrogen) atoms. The van der Waals surface area contributed by atoms with E-state index < -0.39 is 5.60 Å². The molecule has 1 saturated heterocycles. The number of hydrogen-bond donors (Lipinski definition) is 1. The Bertz CT molecular complexity index is 527. The lowest BCUT2D eigenvalue weighted by atomic mass is 10.1. The summed E-state index contributed by atoms with van der Waals surface area (Å²) in [6, 6.07) is 10.7. The summed E-state index contributed by atoms with van der Waals surface area (Å²) in [5.41, 5.74) is 0.945. The SMILES string of the molecule is CN(CCNC(=O)OC(C)(C)C)C[C@H]1CCN(Cc2ccccc2)C1. The fourth-order valence-electron chi connectivity index (χ4n) is 3.24. The second-order valence-electron chi connectivity index (χ2n) is 8.07.